The average molecular weight is 180 g/mol. The molecule has 72 valence electrons. The van der Waals surface area contributed by atoms with E-state index in [1.165, 1.54) is 0 Å². The van der Waals surface area contributed by atoms with Crippen molar-refractivity contribution in [1.82, 2.24) is 0 Å². The van der Waals surface area contributed by atoms with E-state index >= 15 is 0 Å². The van der Waals surface area contributed by atoms with Crippen molar-refractivity contribution in [3.05, 3.63) is 29.8 Å². The van der Waals surface area contributed by atoms with Gasteiger partial charge in [-0.15, -0.1) is 0 Å². The van der Waals surface area contributed by atoms with Gasteiger partial charge in [0.05, 0.1) is 13.2 Å². The quantitative estimate of drug-likeness (QED) is 0.771. The van der Waals surface area contributed by atoms with E-state index < -0.39 is 6.10 Å². The number of methoxy groups -OCH3 is 1. The minimum Gasteiger partial charge on any atom is -0.496 e. The number of aliphatic hydroxyl groups is 1. The van der Waals surface area contributed by atoms with Gasteiger partial charge in [-0.2, -0.15) is 0 Å². The molecule has 0 unspecified atom stereocenters. The van der Waals surface area contributed by atoms with Crippen LogP contribution in [0.25, 0.3) is 0 Å². The summed E-state index contributed by atoms with van der Waals surface area (Å²) < 4.78 is 5.15. The highest BCUT2D eigenvalue weighted by Gasteiger charge is 2.10. The highest BCUT2D eigenvalue weighted by Crippen LogP contribution is 2.27. The second-order valence-electron chi connectivity index (χ2n) is 3.05. The Hall–Kier alpha value is -1.02. The van der Waals surface area contributed by atoms with E-state index in [2.05, 4.69) is 6.92 Å². The first-order valence-electron chi connectivity index (χ1n) is 4.60. The first-order valence-corrected chi connectivity index (χ1v) is 4.60. The van der Waals surface area contributed by atoms with Crippen LogP contribution in [0, 0.1) is 0 Å². The molecule has 0 bridgehead atoms. The zero-order valence-corrected chi connectivity index (χ0v) is 8.16. The number of benzene rings is 1. The molecule has 0 heterocycles. The molecule has 0 spiro atoms. The van der Waals surface area contributed by atoms with Crippen LogP contribution in [0.1, 0.15) is 31.4 Å². The lowest BCUT2D eigenvalue weighted by Crippen LogP contribution is -1.99. The molecular weight excluding hydrogens is 164 g/mol. The van der Waals surface area contributed by atoms with Crippen LogP contribution in [-0.2, 0) is 0 Å². The molecule has 0 amide bonds. The SMILES string of the molecule is CCC[C@H](O)c1ccccc1OC. The number of rotatable bonds is 4. The lowest BCUT2D eigenvalue weighted by molar-refractivity contribution is 0.162. The summed E-state index contributed by atoms with van der Waals surface area (Å²) in [5.41, 5.74) is 0.881. The van der Waals surface area contributed by atoms with Crippen LogP contribution >= 0.6 is 0 Å². The summed E-state index contributed by atoms with van der Waals surface area (Å²) in [7, 11) is 1.62. The van der Waals surface area contributed by atoms with Gasteiger partial charge < -0.3 is 9.84 Å². The molecule has 1 aromatic carbocycles. The van der Waals surface area contributed by atoms with Gasteiger partial charge in [0.25, 0.3) is 0 Å². The molecule has 13 heavy (non-hydrogen) atoms. The van der Waals surface area contributed by atoms with Crippen LogP contribution in [-0.4, -0.2) is 12.2 Å². The zero-order chi connectivity index (χ0) is 9.68. The molecule has 1 aromatic rings. The predicted molar refractivity (Wildman–Crippen MR) is 52.9 cm³/mol. The van der Waals surface area contributed by atoms with E-state index in [1.807, 2.05) is 24.3 Å². The summed E-state index contributed by atoms with van der Waals surface area (Å²) in [6.45, 7) is 2.05. The number of ether oxygens (including phenoxy) is 1. The molecule has 1 atom stereocenters. The maximum absolute atomic E-state index is 9.75. The van der Waals surface area contributed by atoms with Crippen molar-refractivity contribution in [3.8, 4) is 5.75 Å². The van der Waals surface area contributed by atoms with Crippen molar-refractivity contribution in [1.29, 1.82) is 0 Å². The third-order valence-corrected chi connectivity index (χ3v) is 2.06. The number of hydrogen-bond donors (Lipinski definition) is 1. The molecule has 2 nitrogen and oxygen atoms in total. The summed E-state index contributed by atoms with van der Waals surface area (Å²) in [5.74, 6) is 0.767. The molecule has 0 fully saturated rings. The molecule has 0 radical (unpaired) electrons. The first kappa shape index (κ1) is 10.1. The minimum atomic E-state index is -0.402. The van der Waals surface area contributed by atoms with Crippen molar-refractivity contribution < 1.29 is 9.84 Å². The summed E-state index contributed by atoms with van der Waals surface area (Å²) >= 11 is 0. The summed E-state index contributed by atoms with van der Waals surface area (Å²) in [5, 5.41) is 9.75. The van der Waals surface area contributed by atoms with Gasteiger partial charge in [-0.05, 0) is 12.5 Å². The summed E-state index contributed by atoms with van der Waals surface area (Å²) in [6, 6.07) is 7.59. The Bertz CT molecular complexity index is 258. The molecule has 0 aliphatic heterocycles. The third kappa shape index (κ3) is 2.46. The molecule has 1 N–H and O–H groups in total. The molecule has 0 saturated carbocycles. The number of hydrogen-bond acceptors (Lipinski definition) is 2. The Kier molecular flexibility index (Phi) is 3.77. The highest BCUT2D eigenvalue weighted by molar-refractivity contribution is 5.34. The van der Waals surface area contributed by atoms with Crippen LogP contribution < -0.4 is 4.74 Å². The second kappa shape index (κ2) is 4.87. The molecule has 1 rings (SSSR count). The van der Waals surface area contributed by atoms with Gasteiger partial charge in [-0.1, -0.05) is 31.5 Å². The molecule has 0 saturated heterocycles. The van der Waals surface area contributed by atoms with Crippen LogP contribution in [0.15, 0.2) is 24.3 Å². The van der Waals surface area contributed by atoms with Gasteiger partial charge >= 0.3 is 0 Å². The highest BCUT2D eigenvalue weighted by atomic mass is 16.5. The predicted octanol–water partition coefficient (Wildman–Crippen LogP) is 2.53. The molecule has 0 aromatic heterocycles. The van der Waals surface area contributed by atoms with Crippen LogP contribution in [0.4, 0.5) is 0 Å². The van der Waals surface area contributed by atoms with Crippen molar-refractivity contribution in [2.24, 2.45) is 0 Å². The monoisotopic (exact) mass is 180 g/mol. The topological polar surface area (TPSA) is 29.5 Å². The maximum atomic E-state index is 9.75. The van der Waals surface area contributed by atoms with Crippen LogP contribution in [0.3, 0.4) is 0 Å². The Morgan fingerprint density at radius 1 is 1.38 bits per heavy atom. The average Bonchev–Trinajstić information content (AvgIpc) is 2.18. The minimum absolute atomic E-state index is 0.402. The van der Waals surface area contributed by atoms with Crippen molar-refractivity contribution in [2.75, 3.05) is 7.11 Å². The van der Waals surface area contributed by atoms with E-state index in [1.54, 1.807) is 7.11 Å². The fourth-order valence-corrected chi connectivity index (χ4v) is 1.37. The van der Waals surface area contributed by atoms with E-state index in [0.717, 1.165) is 24.2 Å². The lowest BCUT2D eigenvalue weighted by Gasteiger charge is -2.13. The van der Waals surface area contributed by atoms with E-state index in [0.29, 0.717) is 0 Å². The normalized spacial score (nSPS) is 12.5. The molecule has 0 aliphatic carbocycles. The Morgan fingerprint density at radius 3 is 2.69 bits per heavy atom. The molecule has 2 heteroatoms. The maximum Gasteiger partial charge on any atom is 0.124 e. The van der Waals surface area contributed by atoms with E-state index in [9.17, 15) is 5.11 Å². The summed E-state index contributed by atoms with van der Waals surface area (Å²) in [6.07, 6.45) is 1.35. The van der Waals surface area contributed by atoms with Crippen LogP contribution in [0.5, 0.6) is 5.75 Å². The molecular formula is C11H16O2. The fraction of sp³-hybridized carbons (Fsp3) is 0.455. The number of aliphatic hydroxyl groups excluding tert-OH is 1. The standard InChI is InChI=1S/C11H16O2/c1-3-6-10(12)9-7-4-5-8-11(9)13-2/h4-5,7-8,10,12H,3,6H2,1-2H3/t10-/m0/s1. The van der Waals surface area contributed by atoms with Crippen molar-refractivity contribution in [3.63, 3.8) is 0 Å². The number of para-hydroxylation sites is 1. The Labute approximate surface area is 79.2 Å². The first-order chi connectivity index (χ1) is 6.29. The van der Waals surface area contributed by atoms with Crippen molar-refractivity contribution >= 4 is 0 Å². The Morgan fingerprint density at radius 2 is 2.08 bits per heavy atom. The zero-order valence-electron chi connectivity index (χ0n) is 8.16. The van der Waals surface area contributed by atoms with Gasteiger partial charge in [0.15, 0.2) is 0 Å². The van der Waals surface area contributed by atoms with Gasteiger partial charge in [0.2, 0.25) is 0 Å². The Balaban J connectivity index is 2.85. The van der Waals surface area contributed by atoms with Crippen molar-refractivity contribution in [2.45, 2.75) is 25.9 Å². The summed E-state index contributed by atoms with van der Waals surface area (Å²) in [4.78, 5) is 0. The van der Waals surface area contributed by atoms with Crippen LogP contribution in [0.2, 0.25) is 0 Å². The largest absolute Gasteiger partial charge is 0.496 e. The second-order valence-corrected chi connectivity index (χ2v) is 3.05. The van der Waals surface area contributed by atoms with Gasteiger partial charge in [-0.3, -0.25) is 0 Å². The van der Waals surface area contributed by atoms with Gasteiger partial charge in [0.1, 0.15) is 5.75 Å². The van der Waals surface area contributed by atoms with Gasteiger partial charge in [-0.25, -0.2) is 0 Å². The van der Waals surface area contributed by atoms with Gasteiger partial charge in [0, 0.05) is 5.56 Å². The third-order valence-electron chi connectivity index (χ3n) is 2.06. The van der Waals surface area contributed by atoms with E-state index in [-0.39, 0.29) is 0 Å². The lowest BCUT2D eigenvalue weighted by atomic mass is 10.0. The smallest absolute Gasteiger partial charge is 0.124 e. The molecule has 0 aliphatic rings. The fourth-order valence-electron chi connectivity index (χ4n) is 1.37. The van der Waals surface area contributed by atoms with E-state index in [4.69, 9.17) is 4.74 Å².